The largest absolute Gasteiger partial charge is 0.408 e. The van der Waals surface area contributed by atoms with Crippen LogP contribution in [0.4, 0.5) is 0 Å². The maximum absolute atomic E-state index is 6.60. The molecule has 0 spiro atoms. The quantitative estimate of drug-likeness (QED) is 0.280. The van der Waals surface area contributed by atoms with E-state index in [4.69, 9.17) is 8.39 Å². The lowest BCUT2D eigenvalue weighted by molar-refractivity contribution is 0.628. The van der Waals surface area contributed by atoms with Crippen LogP contribution in [-0.2, 0) is 6.54 Å². The average molecular weight is 435 g/mol. The van der Waals surface area contributed by atoms with Crippen molar-refractivity contribution < 1.29 is 8.39 Å². The maximum atomic E-state index is 6.60. The topological polar surface area (TPSA) is 29.5 Å². The van der Waals surface area contributed by atoms with E-state index in [0.29, 0.717) is 0 Å². The number of rotatable bonds is 3. The second-order valence-electron chi connectivity index (χ2n) is 8.04. The van der Waals surface area contributed by atoms with Crippen LogP contribution in [0.2, 0.25) is 0 Å². The third-order valence-corrected chi connectivity index (χ3v) is 7.32. The first-order valence-electron chi connectivity index (χ1n) is 10.7. The van der Waals surface area contributed by atoms with Crippen LogP contribution in [0, 0.1) is 0 Å². The first kappa shape index (κ1) is 19.2. The molecule has 5 aromatic carbocycles. The Hall–Kier alpha value is -3.52. The molecular weight excluding hydrogens is 413 g/mol. The van der Waals surface area contributed by atoms with Crippen molar-refractivity contribution in [1.29, 1.82) is 0 Å². The fourth-order valence-electron chi connectivity index (χ4n) is 4.40. The van der Waals surface area contributed by atoms with E-state index in [-0.39, 0.29) is 0 Å². The normalized spacial score (nSPS) is 11.7. The zero-order valence-electron chi connectivity index (χ0n) is 17.7. The molecule has 32 heavy (non-hydrogen) atoms. The van der Waals surface area contributed by atoms with Crippen LogP contribution < -0.4 is 4.67 Å². The Morgan fingerprint density at radius 2 is 1.09 bits per heavy atom. The van der Waals surface area contributed by atoms with E-state index in [1.165, 1.54) is 27.1 Å². The summed E-state index contributed by atoms with van der Waals surface area (Å²) in [5.41, 5.74) is 2.96. The Morgan fingerprint density at radius 1 is 0.594 bits per heavy atom. The molecule has 6 aromatic rings. The molecule has 0 saturated carbocycles. The lowest BCUT2D eigenvalue weighted by Gasteiger charge is -2.12. The van der Waals surface area contributed by atoms with Gasteiger partial charge in [0.25, 0.3) is 0 Å². The third-order valence-electron chi connectivity index (χ3n) is 5.92. The predicted molar refractivity (Wildman–Crippen MR) is 136 cm³/mol. The molecule has 0 radical (unpaired) electrons. The second kappa shape index (κ2) is 7.87. The molecule has 4 heteroatoms. The van der Waals surface area contributed by atoms with Gasteiger partial charge in [0.2, 0.25) is 0 Å². The Bertz CT molecular complexity index is 1520. The number of hydrogen-bond donors (Lipinski definition) is 0. The summed E-state index contributed by atoms with van der Waals surface area (Å²) in [7, 11) is 0.727. The van der Waals surface area contributed by atoms with Crippen molar-refractivity contribution in [2.45, 2.75) is 6.54 Å². The third kappa shape index (κ3) is 3.27. The van der Waals surface area contributed by atoms with Crippen molar-refractivity contribution in [3.8, 4) is 0 Å². The molecule has 0 amide bonds. The van der Waals surface area contributed by atoms with E-state index in [1.54, 1.807) is 0 Å². The summed E-state index contributed by atoms with van der Waals surface area (Å²) in [6, 6.07) is 35.8. The average Bonchev–Trinajstić information content (AvgIpc) is 3.02. The van der Waals surface area contributed by atoms with E-state index in [1.807, 2.05) is 6.07 Å². The molecule has 0 unspecified atom stereocenters. The van der Waals surface area contributed by atoms with E-state index in [2.05, 4.69) is 109 Å². The van der Waals surface area contributed by atoms with Gasteiger partial charge in [0, 0.05) is 24.4 Å². The van der Waals surface area contributed by atoms with E-state index in [9.17, 15) is 0 Å². The first-order valence-corrected chi connectivity index (χ1v) is 11.9. The van der Waals surface area contributed by atoms with Gasteiger partial charge < -0.3 is 8.39 Å². The number of benzene rings is 5. The standard InChI is InChI=1S/C28H22NO2P/c1-29(19-20-9-3-2-4-10-20)32-30-25-17-15-21-11-5-7-13-23(21)27(25)28-24-14-8-6-12-22(24)16-18-26(28)31-32/h2-18H,19H2,1H3. The number of fused-ring (bicyclic) bond motifs is 7. The molecule has 0 fully saturated rings. The van der Waals surface area contributed by atoms with Crippen LogP contribution in [0.25, 0.3) is 43.5 Å². The summed E-state index contributed by atoms with van der Waals surface area (Å²) in [4.78, 5) is 0. The van der Waals surface area contributed by atoms with Crippen molar-refractivity contribution in [2.75, 3.05) is 11.7 Å². The molecule has 1 heterocycles. The van der Waals surface area contributed by atoms with Gasteiger partial charge >= 0.3 is 8.16 Å². The first-order chi connectivity index (χ1) is 15.8. The summed E-state index contributed by atoms with van der Waals surface area (Å²) in [5.74, 6) is 0. The summed E-state index contributed by atoms with van der Waals surface area (Å²) in [5, 5.41) is 6.94. The fourth-order valence-corrected chi connectivity index (χ4v) is 5.64. The SMILES string of the molecule is CN(Cc1ccccc1)p1oc2ccc3ccccc3c2c2c(ccc3ccccc32)o1. The highest BCUT2D eigenvalue weighted by molar-refractivity contribution is 7.38. The van der Waals surface area contributed by atoms with Crippen molar-refractivity contribution in [2.24, 2.45) is 0 Å². The van der Waals surface area contributed by atoms with E-state index < -0.39 is 8.16 Å². The minimum atomic E-state index is -1.33. The van der Waals surface area contributed by atoms with Crippen LogP contribution in [0.15, 0.2) is 112 Å². The molecule has 0 aliphatic heterocycles. The summed E-state index contributed by atoms with van der Waals surface area (Å²) < 4.78 is 15.4. The Labute approximate surface area is 187 Å². The van der Waals surface area contributed by atoms with Crippen molar-refractivity contribution in [3.05, 3.63) is 109 Å². The molecule has 0 aliphatic rings. The van der Waals surface area contributed by atoms with Gasteiger partial charge in [-0.05, 0) is 39.2 Å². The minimum Gasteiger partial charge on any atom is -0.408 e. The summed E-state index contributed by atoms with van der Waals surface area (Å²) in [6.07, 6.45) is 0. The fraction of sp³-hybridized carbons (Fsp3) is 0.0714. The van der Waals surface area contributed by atoms with Crippen LogP contribution in [-0.4, -0.2) is 7.05 Å². The number of nitrogens with zero attached hydrogens (tertiary/aromatic N) is 1. The van der Waals surface area contributed by atoms with Gasteiger partial charge in [-0.2, -0.15) is 0 Å². The molecule has 0 N–H and O–H groups in total. The zero-order chi connectivity index (χ0) is 21.5. The van der Waals surface area contributed by atoms with Gasteiger partial charge in [-0.1, -0.05) is 91.0 Å². The highest BCUT2D eigenvalue weighted by Gasteiger charge is 2.15. The highest BCUT2D eigenvalue weighted by atomic mass is 31.1. The van der Waals surface area contributed by atoms with Crippen molar-refractivity contribution in [1.82, 2.24) is 0 Å². The maximum Gasteiger partial charge on any atom is 0.309 e. The predicted octanol–water partition coefficient (Wildman–Crippen LogP) is 8.36. The number of hydrogen-bond acceptors (Lipinski definition) is 3. The smallest absolute Gasteiger partial charge is 0.309 e. The Morgan fingerprint density at radius 3 is 1.66 bits per heavy atom. The molecule has 3 nitrogen and oxygen atoms in total. The van der Waals surface area contributed by atoms with Crippen LogP contribution in [0.1, 0.15) is 5.56 Å². The van der Waals surface area contributed by atoms with Gasteiger partial charge in [-0.15, -0.1) is 0 Å². The Balaban J connectivity index is 1.72. The van der Waals surface area contributed by atoms with Crippen molar-refractivity contribution in [3.63, 3.8) is 0 Å². The van der Waals surface area contributed by atoms with Crippen LogP contribution in [0.3, 0.4) is 0 Å². The van der Waals surface area contributed by atoms with Gasteiger partial charge in [-0.25, -0.2) is 4.67 Å². The molecule has 0 bridgehead atoms. The summed E-state index contributed by atoms with van der Waals surface area (Å²) >= 11 is 0. The Kier molecular flexibility index (Phi) is 4.72. The molecule has 156 valence electrons. The van der Waals surface area contributed by atoms with E-state index in [0.717, 1.165) is 28.5 Å². The molecular formula is C28H22NO2P. The van der Waals surface area contributed by atoms with Gasteiger partial charge in [-0.3, -0.25) is 0 Å². The van der Waals surface area contributed by atoms with Crippen molar-refractivity contribution >= 4 is 51.6 Å². The van der Waals surface area contributed by atoms with Crippen LogP contribution >= 0.6 is 8.16 Å². The lowest BCUT2D eigenvalue weighted by Crippen LogP contribution is -2.11. The molecule has 1 aromatic heterocycles. The lowest BCUT2D eigenvalue weighted by atomic mass is 9.99. The molecule has 0 saturated heterocycles. The summed E-state index contributed by atoms with van der Waals surface area (Å²) in [6.45, 7) is 0.748. The zero-order valence-corrected chi connectivity index (χ0v) is 18.6. The van der Waals surface area contributed by atoms with Gasteiger partial charge in [0.05, 0.1) is 0 Å². The monoisotopic (exact) mass is 435 g/mol. The second-order valence-corrected chi connectivity index (χ2v) is 9.57. The van der Waals surface area contributed by atoms with Gasteiger partial charge in [0.1, 0.15) is 11.2 Å². The molecule has 0 atom stereocenters. The van der Waals surface area contributed by atoms with Crippen LogP contribution in [0.5, 0.6) is 0 Å². The highest BCUT2D eigenvalue weighted by Crippen LogP contribution is 2.41. The molecule has 0 aliphatic carbocycles. The van der Waals surface area contributed by atoms with E-state index >= 15 is 0 Å². The molecule has 6 rings (SSSR count). The van der Waals surface area contributed by atoms with Gasteiger partial charge in [0.15, 0.2) is 0 Å². The minimum absolute atomic E-state index is 0.748.